The maximum absolute atomic E-state index is 2.38. The average molecular weight is 1020 g/mol. The van der Waals surface area contributed by atoms with Gasteiger partial charge in [-0.05, 0) is 165 Å². The summed E-state index contributed by atoms with van der Waals surface area (Å²) in [5.41, 5.74) is 22.3. The number of para-hydroxylation sites is 4. The van der Waals surface area contributed by atoms with Gasteiger partial charge in [0.25, 0.3) is 0 Å². The third-order valence-electron chi connectivity index (χ3n) is 14.7. The summed E-state index contributed by atoms with van der Waals surface area (Å²) in [7, 11) is 0. The summed E-state index contributed by atoms with van der Waals surface area (Å²) in [6.07, 6.45) is 0. The summed E-state index contributed by atoms with van der Waals surface area (Å²) in [5, 5.41) is 0. The molecule has 2 heterocycles. The molecular formula is C72H49N3S2. The molecule has 0 bridgehead atoms. The number of benzene rings is 12. The van der Waals surface area contributed by atoms with Crippen LogP contribution in [0.3, 0.4) is 0 Å². The summed E-state index contributed by atoms with van der Waals surface area (Å²) in [5.74, 6) is 0. The first kappa shape index (κ1) is 46.3. The first-order chi connectivity index (χ1) is 38.1. The average Bonchev–Trinajstić information content (AvgIpc) is 3.51. The van der Waals surface area contributed by atoms with Crippen molar-refractivity contribution in [2.45, 2.75) is 19.6 Å². The van der Waals surface area contributed by atoms with Gasteiger partial charge in [0, 0.05) is 48.0 Å². The second kappa shape index (κ2) is 20.1. The van der Waals surface area contributed by atoms with Crippen LogP contribution < -0.4 is 14.7 Å². The highest BCUT2D eigenvalue weighted by molar-refractivity contribution is 8.00. The molecule has 77 heavy (non-hydrogen) atoms. The molecule has 0 radical (unpaired) electrons. The topological polar surface area (TPSA) is 9.72 Å². The molecule has 0 N–H and O–H groups in total. The lowest BCUT2D eigenvalue weighted by Crippen LogP contribution is -2.14. The van der Waals surface area contributed by atoms with Crippen LogP contribution in [0.2, 0.25) is 0 Å². The molecule has 0 saturated heterocycles. The van der Waals surface area contributed by atoms with Crippen molar-refractivity contribution >= 4 is 74.7 Å². The van der Waals surface area contributed by atoms with Gasteiger partial charge < -0.3 is 14.7 Å². The molecule has 0 atom stereocenters. The van der Waals surface area contributed by atoms with Crippen LogP contribution in [0.4, 0.5) is 51.2 Å². The van der Waals surface area contributed by atoms with Gasteiger partial charge >= 0.3 is 0 Å². The fourth-order valence-electron chi connectivity index (χ4n) is 10.8. The van der Waals surface area contributed by atoms with Crippen LogP contribution in [0, 0.1) is 0 Å². The fraction of sp³-hybridized carbons (Fsp3) is 0. The maximum Gasteiger partial charge on any atom is 0.0601 e. The fourth-order valence-corrected chi connectivity index (χ4v) is 12.9. The van der Waals surface area contributed by atoms with Crippen LogP contribution in [-0.4, -0.2) is 0 Å². The number of rotatable bonds is 10. The van der Waals surface area contributed by atoms with Crippen LogP contribution in [0.5, 0.6) is 0 Å². The predicted molar refractivity (Wildman–Crippen MR) is 326 cm³/mol. The Labute approximate surface area is 459 Å². The normalized spacial score (nSPS) is 12.3. The van der Waals surface area contributed by atoms with E-state index in [0.717, 1.165) is 28.4 Å². The lowest BCUT2D eigenvalue weighted by atomic mass is 9.99. The molecule has 3 nitrogen and oxygen atoms in total. The molecule has 364 valence electrons. The highest BCUT2D eigenvalue weighted by atomic mass is 32.2. The maximum atomic E-state index is 2.38. The number of fused-ring (bicyclic) bond motifs is 4. The van der Waals surface area contributed by atoms with Crippen molar-refractivity contribution in [1.29, 1.82) is 0 Å². The van der Waals surface area contributed by atoms with Gasteiger partial charge in [-0.2, -0.15) is 0 Å². The highest BCUT2D eigenvalue weighted by Crippen LogP contribution is 2.53. The van der Waals surface area contributed by atoms with Gasteiger partial charge in [0.15, 0.2) is 0 Å². The van der Waals surface area contributed by atoms with Crippen molar-refractivity contribution in [2.75, 3.05) is 14.7 Å². The lowest BCUT2D eigenvalue weighted by Gasteiger charge is -2.32. The Morgan fingerprint density at radius 1 is 0.195 bits per heavy atom. The molecule has 2 aliphatic rings. The third-order valence-corrected chi connectivity index (χ3v) is 17.0. The molecule has 2 aliphatic heterocycles. The summed E-state index contributed by atoms with van der Waals surface area (Å²) in [6, 6.07) is 108. The molecule has 14 rings (SSSR count). The van der Waals surface area contributed by atoms with E-state index in [2.05, 4.69) is 312 Å². The van der Waals surface area contributed by atoms with Crippen molar-refractivity contribution in [2.24, 2.45) is 0 Å². The van der Waals surface area contributed by atoms with Crippen LogP contribution in [0.1, 0.15) is 0 Å². The summed E-state index contributed by atoms with van der Waals surface area (Å²) < 4.78 is 0. The zero-order valence-corrected chi connectivity index (χ0v) is 43.6. The lowest BCUT2D eigenvalue weighted by molar-refractivity contribution is 1.17. The Balaban J connectivity index is 0.706. The number of nitrogens with zero attached hydrogens (tertiary/aromatic N) is 3. The smallest absolute Gasteiger partial charge is 0.0601 e. The Bertz CT molecular complexity index is 3730. The van der Waals surface area contributed by atoms with Crippen molar-refractivity contribution < 1.29 is 0 Å². The summed E-state index contributed by atoms with van der Waals surface area (Å²) >= 11 is 3.67. The van der Waals surface area contributed by atoms with Gasteiger partial charge in [-0.1, -0.05) is 212 Å². The van der Waals surface area contributed by atoms with Gasteiger partial charge in [-0.3, -0.25) is 0 Å². The SMILES string of the molecule is c1ccc(-c2ccc(N(c3ccc(-c4ccc(-c5ccc(N6c7ccccc7Sc7ccccc76)cc5)cc4)cc3)c3ccc(-c4ccc(-c5ccc(N6c7ccccc7Sc7ccccc76)cc5)cc4)cc3)cc2)cc1. The molecule has 0 unspecified atom stereocenters. The van der Waals surface area contributed by atoms with Gasteiger partial charge in [-0.15, -0.1) is 0 Å². The van der Waals surface area contributed by atoms with Crippen LogP contribution in [-0.2, 0) is 0 Å². The van der Waals surface area contributed by atoms with E-state index in [1.807, 2.05) is 23.5 Å². The zero-order valence-electron chi connectivity index (χ0n) is 41.9. The van der Waals surface area contributed by atoms with Crippen LogP contribution in [0.15, 0.2) is 317 Å². The monoisotopic (exact) mass is 1020 g/mol. The molecule has 0 aromatic heterocycles. The molecule has 0 saturated carbocycles. The van der Waals surface area contributed by atoms with E-state index in [0.29, 0.717) is 0 Å². The molecule has 0 amide bonds. The Hall–Kier alpha value is -9.26. The number of hydrogen-bond donors (Lipinski definition) is 0. The summed E-state index contributed by atoms with van der Waals surface area (Å²) in [6.45, 7) is 0. The molecule has 5 heteroatoms. The Morgan fingerprint density at radius 3 is 0.675 bits per heavy atom. The summed E-state index contributed by atoms with van der Waals surface area (Å²) in [4.78, 5) is 12.2. The molecule has 0 fully saturated rings. The molecule has 12 aromatic carbocycles. The predicted octanol–water partition coefficient (Wildman–Crippen LogP) is 21.4. The van der Waals surface area contributed by atoms with Crippen LogP contribution >= 0.6 is 23.5 Å². The van der Waals surface area contributed by atoms with E-state index in [1.165, 1.54) is 98.0 Å². The molecular weight excluding hydrogens is 971 g/mol. The van der Waals surface area contributed by atoms with E-state index < -0.39 is 0 Å². The highest BCUT2D eigenvalue weighted by Gasteiger charge is 2.26. The van der Waals surface area contributed by atoms with Crippen molar-refractivity contribution in [3.8, 4) is 55.6 Å². The van der Waals surface area contributed by atoms with Gasteiger partial charge in [0.2, 0.25) is 0 Å². The van der Waals surface area contributed by atoms with Crippen molar-refractivity contribution in [1.82, 2.24) is 0 Å². The van der Waals surface area contributed by atoms with E-state index >= 15 is 0 Å². The first-order valence-corrected chi connectivity index (χ1v) is 27.7. The first-order valence-electron chi connectivity index (χ1n) is 26.0. The minimum absolute atomic E-state index is 1.09. The molecule has 0 spiro atoms. The van der Waals surface area contributed by atoms with Gasteiger partial charge in [0.05, 0.1) is 22.7 Å². The van der Waals surface area contributed by atoms with E-state index in [1.54, 1.807) is 0 Å². The minimum Gasteiger partial charge on any atom is -0.311 e. The number of hydrogen-bond acceptors (Lipinski definition) is 5. The molecule has 0 aliphatic carbocycles. The van der Waals surface area contributed by atoms with Gasteiger partial charge in [-0.25, -0.2) is 0 Å². The minimum atomic E-state index is 1.09. The van der Waals surface area contributed by atoms with E-state index in [-0.39, 0.29) is 0 Å². The van der Waals surface area contributed by atoms with Crippen molar-refractivity contribution in [3.63, 3.8) is 0 Å². The zero-order chi connectivity index (χ0) is 51.1. The van der Waals surface area contributed by atoms with E-state index in [4.69, 9.17) is 0 Å². The van der Waals surface area contributed by atoms with Crippen molar-refractivity contribution in [3.05, 3.63) is 297 Å². The second-order valence-electron chi connectivity index (χ2n) is 19.3. The quantitative estimate of drug-likeness (QED) is 0.135. The third kappa shape index (κ3) is 8.95. The molecule has 12 aromatic rings. The van der Waals surface area contributed by atoms with E-state index in [9.17, 15) is 0 Å². The van der Waals surface area contributed by atoms with Gasteiger partial charge in [0.1, 0.15) is 0 Å². The van der Waals surface area contributed by atoms with Crippen LogP contribution in [0.25, 0.3) is 55.6 Å². The largest absolute Gasteiger partial charge is 0.311 e. The number of anilines is 9. The Kier molecular flexibility index (Phi) is 12.1. The Morgan fingerprint density at radius 2 is 0.403 bits per heavy atom. The second-order valence-corrected chi connectivity index (χ2v) is 21.5. The standard InChI is InChI=1S/C72H49N3S2/c1-2-12-50(13-3-1)55-30-40-60(41-31-55)73(61-42-32-56(33-43-61)51-22-26-53(27-23-51)58-36-46-63(47-37-58)74-65-14-4-8-18-69(65)76-70-19-9-5-15-66(70)74)62-44-34-57(35-45-62)52-24-28-54(29-25-52)59-38-48-64(49-39-59)75-67-16-6-10-20-71(67)77-72-21-11-7-17-68(72)75/h1-49H.